The molecule has 21 heavy (non-hydrogen) atoms. The average Bonchev–Trinajstić information content (AvgIpc) is 2.97. The molecule has 1 fully saturated rings. The van der Waals surface area contributed by atoms with Gasteiger partial charge in [-0.1, -0.05) is 25.7 Å². The van der Waals surface area contributed by atoms with Crippen LogP contribution in [0.2, 0.25) is 0 Å². The molecule has 0 bridgehead atoms. The number of benzene rings is 1. The van der Waals surface area contributed by atoms with Crippen LogP contribution in [-0.4, -0.2) is 18.6 Å². The Morgan fingerprint density at radius 3 is 2.76 bits per heavy atom. The van der Waals surface area contributed by atoms with Crippen LogP contribution in [-0.2, 0) is 0 Å². The lowest BCUT2D eigenvalue weighted by Gasteiger charge is -2.11. The van der Waals surface area contributed by atoms with Crippen LogP contribution in [0, 0.1) is 21.8 Å². The van der Waals surface area contributed by atoms with Crippen molar-refractivity contribution in [1.82, 2.24) is 0 Å². The van der Waals surface area contributed by atoms with Crippen LogP contribution >= 0.6 is 0 Å². The van der Waals surface area contributed by atoms with E-state index < -0.39 is 10.7 Å². The van der Waals surface area contributed by atoms with Crippen molar-refractivity contribution < 1.29 is 14.1 Å². The number of nitrogens with one attached hydrogen (secondary N) is 1. The zero-order chi connectivity index (χ0) is 15.2. The van der Waals surface area contributed by atoms with Crippen LogP contribution in [0.5, 0.6) is 5.75 Å². The summed E-state index contributed by atoms with van der Waals surface area (Å²) in [6.45, 7) is 0.661. The molecule has 0 unspecified atom stereocenters. The standard InChI is InChI=1S/C15H21FN2O3/c1-21-15-10-13(12(16)9-14(15)18(19)20)17-8-4-7-11-5-2-3-6-11/h9-11,17H,2-8H2,1H3. The van der Waals surface area contributed by atoms with E-state index in [0.717, 1.165) is 24.8 Å². The molecule has 5 nitrogen and oxygen atoms in total. The summed E-state index contributed by atoms with van der Waals surface area (Å²) in [5, 5.41) is 13.8. The minimum atomic E-state index is -0.647. The number of anilines is 1. The van der Waals surface area contributed by atoms with Crippen molar-refractivity contribution in [3.05, 3.63) is 28.1 Å². The average molecular weight is 296 g/mol. The van der Waals surface area contributed by atoms with Crippen LogP contribution in [0.1, 0.15) is 38.5 Å². The lowest BCUT2D eigenvalue weighted by atomic mass is 10.0. The molecule has 1 aromatic rings. The van der Waals surface area contributed by atoms with Crippen molar-refractivity contribution in [2.24, 2.45) is 5.92 Å². The highest BCUT2D eigenvalue weighted by Gasteiger charge is 2.19. The van der Waals surface area contributed by atoms with E-state index in [1.54, 1.807) is 0 Å². The lowest BCUT2D eigenvalue weighted by Crippen LogP contribution is -2.06. The highest BCUT2D eigenvalue weighted by Crippen LogP contribution is 2.32. The number of methoxy groups -OCH3 is 1. The molecule has 0 aliphatic heterocycles. The smallest absolute Gasteiger partial charge is 0.313 e. The molecule has 1 aliphatic carbocycles. The number of ether oxygens (including phenoxy) is 1. The van der Waals surface area contributed by atoms with Gasteiger partial charge in [0.15, 0.2) is 11.6 Å². The Morgan fingerprint density at radius 1 is 1.43 bits per heavy atom. The normalized spacial score (nSPS) is 15.1. The molecule has 0 heterocycles. The summed E-state index contributed by atoms with van der Waals surface area (Å²) in [7, 11) is 1.34. The molecule has 0 spiro atoms. The molecular weight excluding hydrogens is 275 g/mol. The molecule has 1 aromatic carbocycles. The minimum absolute atomic E-state index is 0.0692. The number of hydrogen-bond donors (Lipinski definition) is 1. The monoisotopic (exact) mass is 296 g/mol. The molecule has 6 heteroatoms. The largest absolute Gasteiger partial charge is 0.490 e. The molecule has 1 aliphatic rings. The van der Waals surface area contributed by atoms with Gasteiger partial charge in [0.05, 0.1) is 23.8 Å². The number of rotatable bonds is 7. The second-order valence-electron chi connectivity index (χ2n) is 5.48. The van der Waals surface area contributed by atoms with Gasteiger partial charge in [0.2, 0.25) is 0 Å². The molecule has 0 radical (unpaired) electrons. The molecule has 0 aromatic heterocycles. The van der Waals surface area contributed by atoms with E-state index in [1.807, 2.05) is 0 Å². The van der Waals surface area contributed by atoms with Gasteiger partial charge in [0.1, 0.15) is 0 Å². The van der Waals surface area contributed by atoms with Crippen molar-refractivity contribution in [3.63, 3.8) is 0 Å². The van der Waals surface area contributed by atoms with E-state index >= 15 is 0 Å². The predicted molar refractivity (Wildman–Crippen MR) is 79.3 cm³/mol. The van der Waals surface area contributed by atoms with Gasteiger partial charge in [-0.05, 0) is 18.8 Å². The second kappa shape index (κ2) is 7.24. The molecule has 116 valence electrons. The number of nitro benzene ring substituents is 1. The molecule has 0 atom stereocenters. The third-order valence-corrected chi connectivity index (χ3v) is 4.04. The first-order chi connectivity index (χ1) is 10.1. The highest BCUT2D eigenvalue weighted by atomic mass is 19.1. The van der Waals surface area contributed by atoms with Crippen LogP contribution in [0.25, 0.3) is 0 Å². The lowest BCUT2D eigenvalue weighted by molar-refractivity contribution is -0.385. The van der Waals surface area contributed by atoms with Gasteiger partial charge in [-0.15, -0.1) is 0 Å². The summed E-state index contributed by atoms with van der Waals surface area (Å²) in [4.78, 5) is 10.1. The Hall–Kier alpha value is -1.85. The van der Waals surface area contributed by atoms with E-state index in [1.165, 1.54) is 38.9 Å². The van der Waals surface area contributed by atoms with Crippen molar-refractivity contribution in [2.45, 2.75) is 38.5 Å². The summed E-state index contributed by atoms with van der Waals surface area (Å²) in [5.74, 6) is 0.256. The summed E-state index contributed by atoms with van der Waals surface area (Å²) in [5.41, 5.74) is -0.102. The zero-order valence-electron chi connectivity index (χ0n) is 12.2. The SMILES string of the molecule is COc1cc(NCCCC2CCCC2)c(F)cc1[N+](=O)[O-]. The van der Waals surface area contributed by atoms with Gasteiger partial charge >= 0.3 is 5.69 Å². The first-order valence-electron chi connectivity index (χ1n) is 7.37. The van der Waals surface area contributed by atoms with E-state index in [4.69, 9.17) is 4.74 Å². The molecular formula is C15H21FN2O3. The van der Waals surface area contributed by atoms with E-state index in [0.29, 0.717) is 6.54 Å². The van der Waals surface area contributed by atoms with Gasteiger partial charge in [-0.3, -0.25) is 10.1 Å². The van der Waals surface area contributed by atoms with Crippen molar-refractivity contribution in [3.8, 4) is 5.75 Å². The van der Waals surface area contributed by atoms with Crippen LogP contribution in [0.4, 0.5) is 15.8 Å². The summed E-state index contributed by atoms with van der Waals surface area (Å²) in [6.07, 6.45) is 7.39. The fraction of sp³-hybridized carbons (Fsp3) is 0.600. The summed E-state index contributed by atoms with van der Waals surface area (Å²) >= 11 is 0. The molecule has 0 saturated heterocycles. The molecule has 1 N–H and O–H groups in total. The fourth-order valence-corrected chi connectivity index (χ4v) is 2.90. The fourth-order valence-electron chi connectivity index (χ4n) is 2.90. The predicted octanol–water partition coefficient (Wildman–Crippen LogP) is 4.12. The highest BCUT2D eigenvalue weighted by molar-refractivity contribution is 5.59. The van der Waals surface area contributed by atoms with E-state index in [-0.39, 0.29) is 17.1 Å². The van der Waals surface area contributed by atoms with Crippen molar-refractivity contribution in [2.75, 3.05) is 19.0 Å². The third-order valence-electron chi connectivity index (χ3n) is 4.04. The topological polar surface area (TPSA) is 64.4 Å². The van der Waals surface area contributed by atoms with Gasteiger partial charge in [-0.2, -0.15) is 0 Å². The van der Waals surface area contributed by atoms with E-state index in [9.17, 15) is 14.5 Å². The van der Waals surface area contributed by atoms with Crippen LogP contribution in [0.15, 0.2) is 12.1 Å². The van der Waals surface area contributed by atoms with Crippen LogP contribution < -0.4 is 10.1 Å². The third kappa shape index (κ3) is 4.06. The Balaban J connectivity index is 1.91. The van der Waals surface area contributed by atoms with E-state index in [2.05, 4.69) is 5.32 Å². The van der Waals surface area contributed by atoms with Crippen molar-refractivity contribution >= 4 is 11.4 Å². The second-order valence-corrected chi connectivity index (χ2v) is 5.48. The van der Waals surface area contributed by atoms with Gasteiger partial charge in [0, 0.05) is 12.6 Å². The van der Waals surface area contributed by atoms with Gasteiger partial charge in [0.25, 0.3) is 0 Å². The first kappa shape index (κ1) is 15.5. The first-order valence-corrected chi connectivity index (χ1v) is 7.37. The van der Waals surface area contributed by atoms with Crippen LogP contribution in [0.3, 0.4) is 0 Å². The van der Waals surface area contributed by atoms with Crippen molar-refractivity contribution in [1.29, 1.82) is 0 Å². The number of halogens is 1. The Labute approximate surface area is 123 Å². The zero-order valence-corrected chi connectivity index (χ0v) is 12.2. The minimum Gasteiger partial charge on any atom is -0.490 e. The maximum Gasteiger partial charge on any atom is 0.313 e. The summed E-state index contributed by atoms with van der Waals surface area (Å²) < 4.78 is 18.8. The Morgan fingerprint density at radius 2 is 2.14 bits per heavy atom. The maximum absolute atomic E-state index is 13.8. The summed E-state index contributed by atoms with van der Waals surface area (Å²) in [6, 6.07) is 2.25. The molecule has 1 saturated carbocycles. The van der Waals surface area contributed by atoms with Gasteiger partial charge in [-0.25, -0.2) is 4.39 Å². The number of nitro groups is 1. The number of nitrogens with zero attached hydrogens (tertiary/aromatic N) is 1. The molecule has 0 amide bonds. The van der Waals surface area contributed by atoms with Gasteiger partial charge < -0.3 is 10.1 Å². The Bertz CT molecular complexity index is 502. The number of hydrogen-bond acceptors (Lipinski definition) is 4. The Kier molecular flexibility index (Phi) is 5.36. The molecule has 2 rings (SSSR count). The quantitative estimate of drug-likeness (QED) is 0.467. The maximum atomic E-state index is 13.8.